The minimum atomic E-state index is -1.00. The van der Waals surface area contributed by atoms with E-state index in [2.05, 4.69) is 0 Å². The molecule has 0 aliphatic carbocycles. The van der Waals surface area contributed by atoms with Crippen molar-refractivity contribution in [2.24, 2.45) is 0 Å². The van der Waals surface area contributed by atoms with Gasteiger partial charge in [-0.1, -0.05) is 17.2 Å². The fourth-order valence-corrected chi connectivity index (χ4v) is 1.28. The van der Waals surface area contributed by atoms with Crippen LogP contribution in [0.4, 0.5) is 0 Å². The molecule has 0 fully saturated rings. The molecule has 1 aromatic rings. The molecule has 4 heteroatoms. The van der Waals surface area contributed by atoms with Crippen molar-refractivity contribution in [3.05, 3.63) is 40.4 Å². The number of benzene rings is 1. The van der Waals surface area contributed by atoms with Crippen LogP contribution in [0.3, 0.4) is 0 Å². The number of carboxylic acid groups (broad SMARTS) is 1. The summed E-state index contributed by atoms with van der Waals surface area (Å²) in [5, 5.41) is 9.05. The second-order valence-electron chi connectivity index (χ2n) is 3.54. The van der Waals surface area contributed by atoms with Crippen molar-refractivity contribution < 1.29 is 14.6 Å². The van der Waals surface area contributed by atoms with Crippen molar-refractivity contribution in [3.8, 4) is 5.75 Å². The van der Waals surface area contributed by atoms with Crippen molar-refractivity contribution in [1.82, 2.24) is 0 Å². The van der Waals surface area contributed by atoms with E-state index in [0.717, 1.165) is 5.57 Å². The van der Waals surface area contributed by atoms with Crippen LogP contribution in [0.1, 0.15) is 24.2 Å². The molecule has 0 aliphatic heterocycles. The van der Waals surface area contributed by atoms with Gasteiger partial charge in [-0.3, -0.25) is 0 Å². The van der Waals surface area contributed by atoms with Gasteiger partial charge in [0, 0.05) is 0 Å². The van der Waals surface area contributed by atoms with Gasteiger partial charge in [0.25, 0.3) is 0 Å². The van der Waals surface area contributed by atoms with Gasteiger partial charge in [0.15, 0.2) is 0 Å². The maximum atomic E-state index is 10.7. The van der Waals surface area contributed by atoms with Gasteiger partial charge in [-0.2, -0.15) is 0 Å². The Kier molecular flexibility index (Phi) is 4.38. The van der Waals surface area contributed by atoms with E-state index in [1.807, 2.05) is 19.9 Å². The summed E-state index contributed by atoms with van der Waals surface area (Å²) in [7, 11) is 0. The largest absolute Gasteiger partial charge is 0.488 e. The lowest BCUT2D eigenvalue weighted by atomic mass is 10.2. The molecule has 0 unspecified atom stereocenters. The molecule has 0 saturated heterocycles. The quantitative estimate of drug-likeness (QED) is 0.821. The summed E-state index contributed by atoms with van der Waals surface area (Å²) < 4.78 is 5.38. The maximum Gasteiger partial charge on any atom is 0.335 e. The minimum absolute atomic E-state index is 0.152. The van der Waals surface area contributed by atoms with Crippen molar-refractivity contribution in [2.75, 3.05) is 6.61 Å². The molecule has 86 valence electrons. The van der Waals surface area contributed by atoms with Gasteiger partial charge < -0.3 is 9.84 Å². The molecule has 0 amide bonds. The zero-order valence-corrected chi connectivity index (χ0v) is 9.91. The second-order valence-corrected chi connectivity index (χ2v) is 3.95. The molecular weight excluding hydrogens is 228 g/mol. The Hall–Kier alpha value is -1.48. The highest BCUT2D eigenvalue weighted by atomic mass is 35.5. The lowest BCUT2D eigenvalue weighted by Gasteiger charge is -2.06. The molecule has 0 spiro atoms. The number of allylic oxidation sites excluding steroid dienone is 1. The Morgan fingerprint density at radius 1 is 1.50 bits per heavy atom. The number of halogens is 1. The molecule has 0 aromatic heterocycles. The molecule has 1 N–H and O–H groups in total. The monoisotopic (exact) mass is 240 g/mol. The normalized spacial score (nSPS) is 9.69. The van der Waals surface area contributed by atoms with E-state index in [1.165, 1.54) is 12.1 Å². The SMILES string of the molecule is CC(C)=CCOc1ccc(C(=O)O)cc1Cl. The fourth-order valence-electron chi connectivity index (χ4n) is 1.05. The smallest absolute Gasteiger partial charge is 0.335 e. The molecule has 3 nitrogen and oxygen atoms in total. The van der Waals surface area contributed by atoms with E-state index in [4.69, 9.17) is 21.4 Å². The topological polar surface area (TPSA) is 46.5 Å². The van der Waals surface area contributed by atoms with Crippen molar-refractivity contribution in [2.45, 2.75) is 13.8 Å². The van der Waals surface area contributed by atoms with E-state index in [1.54, 1.807) is 6.07 Å². The highest BCUT2D eigenvalue weighted by Gasteiger charge is 2.07. The van der Waals surface area contributed by atoms with Gasteiger partial charge >= 0.3 is 5.97 Å². The first-order valence-corrected chi connectivity index (χ1v) is 5.17. The Bertz CT molecular complexity index is 420. The summed E-state index contributed by atoms with van der Waals surface area (Å²) in [4.78, 5) is 10.7. The Morgan fingerprint density at radius 3 is 2.69 bits per heavy atom. The number of hydrogen-bond acceptors (Lipinski definition) is 2. The van der Waals surface area contributed by atoms with Crippen LogP contribution >= 0.6 is 11.6 Å². The lowest BCUT2D eigenvalue weighted by Crippen LogP contribution is -1.98. The zero-order chi connectivity index (χ0) is 12.1. The zero-order valence-electron chi connectivity index (χ0n) is 9.16. The van der Waals surface area contributed by atoms with Gasteiger partial charge in [-0.15, -0.1) is 0 Å². The molecule has 0 radical (unpaired) electrons. The number of rotatable bonds is 4. The molecule has 1 rings (SSSR count). The van der Waals surface area contributed by atoms with E-state index in [-0.39, 0.29) is 5.56 Å². The molecular formula is C12H13ClO3. The van der Waals surface area contributed by atoms with Crippen LogP contribution in [0, 0.1) is 0 Å². The highest BCUT2D eigenvalue weighted by Crippen LogP contribution is 2.25. The first kappa shape index (κ1) is 12.6. The van der Waals surface area contributed by atoms with Crippen LogP contribution in [0.5, 0.6) is 5.75 Å². The summed E-state index contributed by atoms with van der Waals surface area (Å²) in [6.07, 6.45) is 1.92. The molecule has 0 bridgehead atoms. The summed E-state index contributed by atoms with van der Waals surface area (Å²) in [6, 6.07) is 4.40. The summed E-state index contributed by atoms with van der Waals surface area (Å²) in [5.74, 6) is -0.512. The summed E-state index contributed by atoms with van der Waals surface area (Å²) >= 11 is 5.88. The molecule has 0 heterocycles. The predicted octanol–water partition coefficient (Wildman–Crippen LogP) is 3.38. The van der Waals surface area contributed by atoms with Crippen LogP contribution in [0.25, 0.3) is 0 Å². The first-order valence-electron chi connectivity index (χ1n) is 4.79. The van der Waals surface area contributed by atoms with Crippen LogP contribution in [0.15, 0.2) is 29.8 Å². The fraction of sp³-hybridized carbons (Fsp3) is 0.250. The van der Waals surface area contributed by atoms with Gasteiger partial charge in [-0.25, -0.2) is 4.79 Å². The van der Waals surface area contributed by atoms with Crippen LogP contribution in [0.2, 0.25) is 5.02 Å². The first-order chi connectivity index (χ1) is 7.50. The third-order valence-electron chi connectivity index (χ3n) is 1.91. The van der Waals surface area contributed by atoms with Crippen molar-refractivity contribution in [3.63, 3.8) is 0 Å². The van der Waals surface area contributed by atoms with Gasteiger partial charge in [-0.05, 0) is 38.1 Å². The number of ether oxygens (including phenoxy) is 1. The molecule has 1 aromatic carbocycles. The van der Waals surface area contributed by atoms with E-state index >= 15 is 0 Å². The molecule has 16 heavy (non-hydrogen) atoms. The van der Waals surface area contributed by atoms with E-state index in [9.17, 15) is 4.79 Å². The number of aromatic carboxylic acids is 1. The molecule has 0 aliphatic rings. The van der Waals surface area contributed by atoms with Crippen LogP contribution in [-0.2, 0) is 0 Å². The number of carboxylic acids is 1. The van der Waals surface area contributed by atoms with Gasteiger partial charge in [0.05, 0.1) is 10.6 Å². The third-order valence-corrected chi connectivity index (χ3v) is 2.20. The average Bonchev–Trinajstić information content (AvgIpc) is 2.19. The average molecular weight is 241 g/mol. The Labute approximate surface area is 99.3 Å². The Morgan fingerprint density at radius 2 is 2.19 bits per heavy atom. The summed E-state index contributed by atoms with van der Waals surface area (Å²) in [6.45, 7) is 4.37. The van der Waals surface area contributed by atoms with Crippen LogP contribution in [-0.4, -0.2) is 17.7 Å². The molecule has 0 atom stereocenters. The number of hydrogen-bond donors (Lipinski definition) is 1. The second kappa shape index (κ2) is 5.56. The van der Waals surface area contributed by atoms with E-state index < -0.39 is 5.97 Å². The molecule has 0 saturated carbocycles. The standard InChI is InChI=1S/C12H13ClO3/c1-8(2)5-6-16-11-4-3-9(12(14)15)7-10(11)13/h3-5,7H,6H2,1-2H3,(H,14,15). The van der Waals surface area contributed by atoms with E-state index in [0.29, 0.717) is 17.4 Å². The van der Waals surface area contributed by atoms with Crippen molar-refractivity contribution >= 4 is 17.6 Å². The summed E-state index contributed by atoms with van der Waals surface area (Å²) in [5.41, 5.74) is 1.30. The minimum Gasteiger partial charge on any atom is -0.488 e. The van der Waals surface area contributed by atoms with Crippen LogP contribution < -0.4 is 4.74 Å². The van der Waals surface area contributed by atoms with Gasteiger partial charge in [0.2, 0.25) is 0 Å². The Balaban J connectivity index is 2.75. The predicted molar refractivity (Wildman–Crippen MR) is 63.3 cm³/mol. The van der Waals surface area contributed by atoms with Gasteiger partial charge in [0.1, 0.15) is 12.4 Å². The van der Waals surface area contributed by atoms with Crippen molar-refractivity contribution in [1.29, 1.82) is 0 Å². The number of carbonyl (C=O) groups is 1. The lowest BCUT2D eigenvalue weighted by molar-refractivity contribution is 0.0697. The highest BCUT2D eigenvalue weighted by molar-refractivity contribution is 6.32. The third kappa shape index (κ3) is 3.59. The maximum absolute atomic E-state index is 10.7.